The van der Waals surface area contributed by atoms with Crippen molar-refractivity contribution in [2.45, 2.75) is 31.1 Å². The molecule has 1 N–H and O–H groups in total. The Hall–Kier alpha value is -2.71. The second-order valence-corrected chi connectivity index (χ2v) is 8.78. The molecule has 6 nitrogen and oxygen atoms in total. The second-order valence-electron chi connectivity index (χ2n) is 6.92. The minimum Gasteiger partial charge on any atom is -0.345 e. The lowest BCUT2D eigenvalue weighted by Gasteiger charge is -2.16. The van der Waals surface area contributed by atoms with E-state index in [9.17, 15) is 9.59 Å². The van der Waals surface area contributed by atoms with Crippen LogP contribution in [0, 0.1) is 0 Å². The zero-order chi connectivity index (χ0) is 22.2. The van der Waals surface area contributed by atoms with Crippen LogP contribution in [0.25, 0.3) is 11.4 Å². The number of thioether (sulfide) groups is 1. The fraction of sp³-hybridized carbons (Fsp3) is 0.217. The maximum Gasteiger partial charge on any atom is 0.231 e. The number of aromatic nitrogens is 3. The standard InChI is InChI=1S/C23H23BrN4O2S/c1-3-13-28-22(18-9-11-19(24)12-10-18)26-27-23(28)31-15-21(30)25-20(16(2)29)14-17-7-5-4-6-8-17/h3-12,20H,1,13-15H2,2H3,(H,25,30)/t20-/m0/s1. The number of nitrogens with zero attached hydrogens (tertiary/aromatic N) is 3. The molecule has 0 aliphatic carbocycles. The number of nitrogens with one attached hydrogen (secondary N) is 1. The topological polar surface area (TPSA) is 76.9 Å². The van der Waals surface area contributed by atoms with Crippen LogP contribution in [0.15, 0.2) is 76.9 Å². The first kappa shape index (κ1) is 23.0. The van der Waals surface area contributed by atoms with E-state index in [1.807, 2.05) is 59.2 Å². The quantitative estimate of drug-likeness (QED) is 0.333. The summed E-state index contributed by atoms with van der Waals surface area (Å²) in [6.45, 7) is 5.82. The smallest absolute Gasteiger partial charge is 0.231 e. The molecule has 2 aromatic carbocycles. The highest BCUT2D eigenvalue weighted by Crippen LogP contribution is 2.25. The fourth-order valence-electron chi connectivity index (χ4n) is 3.01. The van der Waals surface area contributed by atoms with Crippen molar-refractivity contribution in [3.63, 3.8) is 0 Å². The number of hydrogen-bond donors (Lipinski definition) is 1. The Bertz CT molecular complexity index is 1050. The monoisotopic (exact) mass is 498 g/mol. The van der Waals surface area contributed by atoms with Crippen LogP contribution in [0.1, 0.15) is 12.5 Å². The van der Waals surface area contributed by atoms with Gasteiger partial charge in [0.25, 0.3) is 0 Å². The van der Waals surface area contributed by atoms with Crippen molar-refractivity contribution < 1.29 is 9.59 Å². The lowest BCUT2D eigenvalue weighted by molar-refractivity contribution is -0.125. The van der Waals surface area contributed by atoms with Crippen LogP contribution in [-0.2, 0) is 22.6 Å². The van der Waals surface area contributed by atoms with Crippen LogP contribution in [0.4, 0.5) is 0 Å². The first-order valence-corrected chi connectivity index (χ1v) is 11.5. The third kappa shape index (κ3) is 6.38. The van der Waals surface area contributed by atoms with Crippen molar-refractivity contribution in [1.82, 2.24) is 20.1 Å². The number of benzene rings is 2. The Balaban J connectivity index is 1.67. The van der Waals surface area contributed by atoms with Gasteiger partial charge in [-0.1, -0.05) is 76.2 Å². The van der Waals surface area contributed by atoms with Gasteiger partial charge < -0.3 is 5.32 Å². The second kappa shape index (κ2) is 11.1. The van der Waals surface area contributed by atoms with E-state index in [0.29, 0.717) is 23.9 Å². The van der Waals surface area contributed by atoms with Crippen molar-refractivity contribution in [2.75, 3.05) is 5.75 Å². The molecule has 160 valence electrons. The highest BCUT2D eigenvalue weighted by atomic mass is 79.9. The molecular weight excluding hydrogens is 476 g/mol. The lowest BCUT2D eigenvalue weighted by atomic mass is 10.0. The molecule has 1 amide bonds. The minimum absolute atomic E-state index is 0.0745. The van der Waals surface area contributed by atoms with Gasteiger partial charge in [-0.25, -0.2) is 0 Å². The van der Waals surface area contributed by atoms with E-state index in [-0.39, 0.29) is 17.4 Å². The van der Waals surface area contributed by atoms with Crippen LogP contribution < -0.4 is 5.32 Å². The molecule has 31 heavy (non-hydrogen) atoms. The number of carbonyl (C=O) groups excluding carboxylic acids is 2. The summed E-state index contributed by atoms with van der Waals surface area (Å²) in [7, 11) is 0. The van der Waals surface area contributed by atoms with Crippen molar-refractivity contribution in [3.8, 4) is 11.4 Å². The van der Waals surface area contributed by atoms with Crippen LogP contribution in [0.5, 0.6) is 0 Å². The van der Waals surface area contributed by atoms with E-state index < -0.39 is 6.04 Å². The minimum atomic E-state index is -0.556. The number of ketones is 1. The summed E-state index contributed by atoms with van der Waals surface area (Å²) in [4.78, 5) is 24.6. The third-order valence-electron chi connectivity index (χ3n) is 4.57. The molecule has 0 saturated carbocycles. The summed E-state index contributed by atoms with van der Waals surface area (Å²) in [5.74, 6) is 0.545. The van der Waals surface area contributed by atoms with Gasteiger partial charge in [0.1, 0.15) is 0 Å². The van der Waals surface area contributed by atoms with Gasteiger partial charge in [-0.15, -0.1) is 16.8 Å². The number of Topliss-reactive ketones (excluding diaryl/α,β-unsaturated/α-hetero) is 1. The Labute approximate surface area is 194 Å². The van der Waals surface area contributed by atoms with E-state index in [0.717, 1.165) is 15.6 Å². The summed E-state index contributed by atoms with van der Waals surface area (Å²) in [6, 6.07) is 16.9. The van der Waals surface area contributed by atoms with E-state index in [1.165, 1.54) is 18.7 Å². The van der Waals surface area contributed by atoms with E-state index in [1.54, 1.807) is 6.08 Å². The molecule has 0 unspecified atom stereocenters. The van der Waals surface area contributed by atoms with Gasteiger partial charge >= 0.3 is 0 Å². The molecule has 1 aromatic heterocycles. The summed E-state index contributed by atoms with van der Waals surface area (Å²) in [5, 5.41) is 12.0. The zero-order valence-electron chi connectivity index (χ0n) is 17.1. The maximum absolute atomic E-state index is 12.5. The van der Waals surface area contributed by atoms with Crippen LogP contribution in [0.2, 0.25) is 0 Å². The normalized spacial score (nSPS) is 11.7. The van der Waals surface area contributed by atoms with Crippen molar-refractivity contribution in [3.05, 3.63) is 77.3 Å². The molecule has 3 aromatic rings. The van der Waals surface area contributed by atoms with Gasteiger partial charge in [0.15, 0.2) is 16.8 Å². The molecule has 3 rings (SSSR count). The first-order chi connectivity index (χ1) is 15.0. The predicted molar refractivity (Wildman–Crippen MR) is 127 cm³/mol. The number of halogens is 1. The Kier molecular flexibility index (Phi) is 8.20. The number of hydrogen-bond acceptors (Lipinski definition) is 5. The van der Waals surface area contributed by atoms with Gasteiger partial charge in [0.2, 0.25) is 5.91 Å². The van der Waals surface area contributed by atoms with Gasteiger partial charge in [0.05, 0.1) is 11.8 Å². The maximum atomic E-state index is 12.5. The number of carbonyl (C=O) groups is 2. The molecule has 1 heterocycles. The summed E-state index contributed by atoms with van der Waals surface area (Å²) in [6.07, 6.45) is 2.23. The van der Waals surface area contributed by atoms with Crippen molar-refractivity contribution in [1.29, 1.82) is 0 Å². The molecule has 0 radical (unpaired) electrons. The van der Waals surface area contributed by atoms with E-state index in [4.69, 9.17) is 0 Å². The van der Waals surface area contributed by atoms with Crippen molar-refractivity contribution >= 4 is 39.4 Å². The molecule has 0 spiro atoms. The van der Waals surface area contributed by atoms with Crippen LogP contribution >= 0.6 is 27.7 Å². The number of amides is 1. The van der Waals surface area contributed by atoms with Crippen LogP contribution in [0.3, 0.4) is 0 Å². The summed E-state index contributed by atoms with van der Waals surface area (Å²) < 4.78 is 2.90. The highest BCUT2D eigenvalue weighted by Gasteiger charge is 2.19. The fourth-order valence-corrected chi connectivity index (χ4v) is 4.04. The SMILES string of the molecule is C=CCn1c(SCC(=O)N[C@@H](Cc2ccccc2)C(C)=O)nnc1-c1ccc(Br)cc1. The molecule has 0 aliphatic rings. The van der Waals surface area contributed by atoms with Gasteiger partial charge in [-0.05, 0) is 31.0 Å². The molecular formula is C23H23BrN4O2S. The number of allylic oxidation sites excluding steroid dienone is 1. The Morgan fingerprint density at radius 2 is 1.87 bits per heavy atom. The number of rotatable bonds is 10. The molecule has 0 fully saturated rings. The molecule has 8 heteroatoms. The highest BCUT2D eigenvalue weighted by molar-refractivity contribution is 9.10. The molecule has 0 saturated heterocycles. The largest absolute Gasteiger partial charge is 0.345 e. The van der Waals surface area contributed by atoms with Gasteiger partial charge in [-0.2, -0.15) is 0 Å². The molecule has 0 aliphatic heterocycles. The van der Waals surface area contributed by atoms with Gasteiger partial charge in [-0.3, -0.25) is 14.2 Å². The van der Waals surface area contributed by atoms with Crippen molar-refractivity contribution in [2.24, 2.45) is 0 Å². The third-order valence-corrected chi connectivity index (χ3v) is 6.07. The zero-order valence-corrected chi connectivity index (χ0v) is 19.5. The average molecular weight is 499 g/mol. The lowest BCUT2D eigenvalue weighted by Crippen LogP contribution is -2.42. The Morgan fingerprint density at radius 1 is 1.16 bits per heavy atom. The molecule has 0 bridgehead atoms. The Morgan fingerprint density at radius 3 is 2.52 bits per heavy atom. The summed E-state index contributed by atoms with van der Waals surface area (Å²) in [5.41, 5.74) is 1.92. The van der Waals surface area contributed by atoms with E-state index >= 15 is 0 Å². The van der Waals surface area contributed by atoms with Gasteiger partial charge in [0, 0.05) is 16.6 Å². The molecule has 1 atom stereocenters. The first-order valence-electron chi connectivity index (χ1n) is 9.74. The van der Waals surface area contributed by atoms with E-state index in [2.05, 4.69) is 38.0 Å². The summed E-state index contributed by atoms with van der Waals surface area (Å²) >= 11 is 4.71. The average Bonchev–Trinajstić information content (AvgIpc) is 3.16. The predicted octanol–water partition coefficient (Wildman–Crippen LogP) is 4.30. The van der Waals surface area contributed by atoms with Crippen LogP contribution in [-0.4, -0.2) is 38.2 Å².